The molecule has 1 heterocycles. The van der Waals surface area contributed by atoms with E-state index in [1.807, 2.05) is 0 Å². The number of carbonyl (C=O) groups excluding carboxylic acids is 2. The Hall–Kier alpha value is -2.08. The van der Waals surface area contributed by atoms with Crippen LogP contribution in [0.1, 0.15) is 22.8 Å². The molecular formula is C12H14N2O4. The van der Waals surface area contributed by atoms with Crippen LogP contribution in [0, 0.1) is 0 Å². The zero-order valence-electron chi connectivity index (χ0n) is 9.87. The van der Waals surface area contributed by atoms with Gasteiger partial charge in [0.15, 0.2) is 0 Å². The molecule has 1 aromatic carbocycles. The number of primary amides is 1. The van der Waals surface area contributed by atoms with Gasteiger partial charge in [0.2, 0.25) is 18.6 Å². The fourth-order valence-corrected chi connectivity index (χ4v) is 1.81. The van der Waals surface area contributed by atoms with Gasteiger partial charge in [-0.05, 0) is 19.1 Å². The zero-order valence-corrected chi connectivity index (χ0v) is 9.87. The van der Waals surface area contributed by atoms with E-state index in [0.717, 1.165) is 5.56 Å². The molecule has 2 rings (SSSR count). The van der Waals surface area contributed by atoms with Crippen LogP contribution in [0.3, 0.4) is 0 Å². The second-order valence-corrected chi connectivity index (χ2v) is 4.21. The van der Waals surface area contributed by atoms with Crippen LogP contribution in [0.15, 0.2) is 18.2 Å². The number of hydrogen-bond acceptors (Lipinski definition) is 4. The Kier molecular flexibility index (Phi) is 3.20. The van der Waals surface area contributed by atoms with Gasteiger partial charge in [-0.15, -0.1) is 0 Å². The van der Waals surface area contributed by atoms with Crippen LogP contribution in [-0.4, -0.2) is 34.7 Å². The van der Waals surface area contributed by atoms with Crippen molar-refractivity contribution in [1.29, 1.82) is 0 Å². The van der Waals surface area contributed by atoms with Crippen LogP contribution >= 0.6 is 0 Å². The van der Waals surface area contributed by atoms with Crippen molar-refractivity contribution in [3.8, 4) is 5.75 Å². The van der Waals surface area contributed by atoms with E-state index in [-0.39, 0.29) is 0 Å². The number of benzene rings is 1. The summed E-state index contributed by atoms with van der Waals surface area (Å²) in [6.45, 7) is 2.00. The summed E-state index contributed by atoms with van der Waals surface area (Å²) in [6.07, 6.45) is -0.478. The molecule has 0 spiro atoms. The largest absolute Gasteiger partial charge is 0.463 e. The minimum Gasteiger partial charge on any atom is -0.463 e. The molecule has 18 heavy (non-hydrogen) atoms. The lowest BCUT2D eigenvalue weighted by atomic mass is 10.1. The van der Waals surface area contributed by atoms with Gasteiger partial charge < -0.3 is 20.5 Å². The topological polar surface area (TPSA) is 92.9 Å². The van der Waals surface area contributed by atoms with Crippen molar-refractivity contribution in [3.05, 3.63) is 29.3 Å². The molecule has 1 aromatic rings. The number of aliphatic hydroxyl groups excluding tert-OH is 1. The smallest absolute Gasteiger partial charge is 0.248 e. The monoisotopic (exact) mass is 250 g/mol. The van der Waals surface area contributed by atoms with Gasteiger partial charge in [0, 0.05) is 17.7 Å². The quantitative estimate of drug-likeness (QED) is 0.713. The Balaban J connectivity index is 2.41. The standard InChI is InChI=1S/C12H14N2O4/c1-7-12(17)18-10-4-8(11(13)16)2-3-9(10)5-14(7)6-15/h2-4,6-7,12,17H,5H2,1H3,(H2,13,16)/t7-,12-/m1/s1. The van der Waals surface area contributed by atoms with Gasteiger partial charge in [0.1, 0.15) is 5.75 Å². The summed E-state index contributed by atoms with van der Waals surface area (Å²) in [5.74, 6) is -0.199. The van der Waals surface area contributed by atoms with E-state index in [1.165, 1.54) is 11.0 Å². The fraction of sp³-hybridized carbons (Fsp3) is 0.333. The van der Waals surface area contributed by atoms with E-state index in [9.17, 15) is 14.7 Å². The maximum atomic E-state index is 11.1. The molecule has 0 saturated carbocycles. The number of ether oxygens (including phenoxy) is 1. The van der Waals surface area contributed by atoms with Crippen molar-refractivity contribution in [2.75, 3.05) is 0 Å². The molecule has 2 atom stereocenters. The number of nitrogens with two attached hydrogens (primary N) is 1. The third kappa shape index (κ3) is 2.14. The maximum absolute atomic E-state index is 11.1. The Morgan fingerprint density at radius 3 is 2.94 bits per heavy atom. The van der Waals surface area contributed by atoms with Crippen LogP contribution in [-0.2, 0) is 11.3 Å². The Bertz CT molecular complexity index is 489. The average Bonchev–Trinajstić information content (AvgIpc) is 2.46. The van der Waals surface area contributed by atoms with Gasteiger partial charge in [-0.1, -0.05) is 6.07 Å². The van der Waals surface area contributed by atoms with Gasteiger partial charge in [-0.25, -0.2) is 0 Å². The molecule has 0 bridgehead atoms. The molecule has 6 heteroatoms. The van der Waals surface area contributed by atoms with Gasteiger partial charge in [0.25, 0.3) is 0 Å². The second-order valence-electron chi connectivity index (χ2n) is 4.21. The first-order chi connectivity index (χ1) is 8.52. The van der Waals surface area contributed by atoms with Crippen LogP contribution < -0.4 is 10.5 Å². The summed E-state index contributed by atoms with van der Waals surface area (Å²) in [5.41, 5.74) is 6.20. The minimum atomic E-state index is -1.14. The molecule has 96 valence electrons. The number of fused-ring (bicyclic) bond motifs is 1. The van der Waals surface area contributed by atoms with Gasteiger partial charge in [-0.2, -0.15) is 0 Å². The predicted molar refractivity (Wildman–Crippen MR) is 62.7 cm³/mol. The van der Waals surface area contributed by atoms with E-state index in [0.29, 0.717) is 24.3 Å². The van der Waals surface area contributed by atoms with E-state index >= 15 is 0 Å². The van der Waals surface area contributed by atoms with Crippen LogP contribution in [0.5, 0.6) is 5.75 Å². The third-order valence-electron chi connectivity index (χ3n) is 3.02. The number of rotatable bonds is 2. The highest BCUT2D eigenvalue weighted by molar-refractivity contribution is 5.93. The van der Waals surface area contributed by atoms with Crippen molar-refractivity contribution in [1.82, 2.24) is 4.90 Å². The fourth-order valence-electron chi connectivity index (χ4n) is 1.81. The highest BCUT2D eigenvalue weighted by atomic mass is 16.6. The number of amides is 2. The van der Waals surface area contributed by atoms with Crippen molar-refractivity contribution in [3.63, 3.8) is 0 Å². The molecule has 0 aliphatic carbocycles. The highest BCUT2D eigenvalue weighted by Crippen LogP contribution is 2.27. The molecule has 0 aromatic heterocycles. The maximum Gasteiger partial charge on any atom is 0.248 e. The molecule has 0 unspecified atom stereocenters. The summed E-state index contributed by atoms with van der Waals surface area (Å²) >= 11 is 0. The van der Waals surface area contributed by atoms with Crippen molar-refractivity contribution in [2.45, 2.75) is 25.8 Å². The number of carbonyl (C=O) groups is 2. The van der Waals surface area contributed by atoms with Gasteiger partial charge >= 0.3 is 0 Å². The number of aliphatic hydroxyl groups is 1. The summed E-state index contributed by atoms with van der Waals surface area (Å²) in [4.78, 5) is 23.4. The van der Waals surface area contributed by atoms with Crippen LogP contribution in [0.2, 0.25) is 0 Å². The summed E-state index contributed by atoms with van der Waals surface area (Å²) in [7, 11) is 0. The first kappa shape index (κ1) is 12.4. The Morgan fingerprint density at radius 2 is 2.33 bits per heavy atom. The SMILES string of the molecule is C[C@@H]1[C@H](O)Oc2cc(C(N)=O)ccc2CN1C=O. The number of nitrogens with zero attached hydrogens (tertiary/aromatic N) is 1. The molecular weight excluding hydrogens is 236 g/mol. The molecule has 0 radical (unpaired) electrons. The van der Waals surface area contributed by atoms with Crippen molar-refractivity contribution < 1.29 is 19.4 Å². The Morgan fingerprint density at radius 1 is 1.61 bits per heavy atom. The molecule has 2 amide bonds. The lowest BCUT2D eigenvalue weighted by Crippen LogP contribution is -2.41. The lowest BCUT2D eigenvalue weighted by Gasteiger charge is -2.24. The van der Waals surface area contributed by atoms with Crippen LogP contribution in [0.4, 0.5) is 0 Å². The molecule has 1 aliphatic heterocycles. The molecule has 1 aliphatic rings. The average molecular weight is 250 g/mol. The second kappa shape index (κ2) is 4.66. The van der Waals surface area contributed by atoms with Gasteiger partial charge in [0.05, 0.1) is 6.04 Å². The normalized spacial score (nSPS) is 22.7. The lowest BCUT2D eigenvalue weighted by molar-refractivity contribution is -0.128. The van der Waals surface area contributed by atoms with E-state index in [2.05, 4.69) is 0 Å². The summed E-state index contributed by atoms with van der Waals surface area (Å²) in [6, 6.07) is 4.24. The van der Waals surface area contributed by atoms with E-state index in [4.69, 9.17) is 10.5 Å². The van der Waals surface area contributed by atoms with E-state index in [1.54, 1.807) is 19.1 Å². The highest BCUT2D eigenvalue weighted by Gasteiger charge is 2.28. The Labute approximate surface area is 104 Å². The van der Waals surface area contributed by atoms with Crippen molar-refractivity contribution >= 4 is 12.3 Å². The zero-order chi connectivity index (χ0) is 13.3. The molecule has 6 nitrogen and oxygen atoms in total. The molecule has 0 saturated heterocycles. The van der Waals surface area contributed by atoms with E-state index < -0.39 is 18.2 Å². The predicted octanol–water partition coefficient (Wildman–Crippen LogP) is -0.157. The minimum absolute atomic E-state index is 0.299. The third-order valence-corrected chi connectivity index (χ3v) is 3.02. The first-order valence-corrected chi connectivity index (χ1v) is 5.51. The van der Waals surface area contributed by atoms with Gasteiger partial charge in [-0.3, -0.25) is 9.59 Å². The first-order valence-electron chi connectivity index (χ1n) is 5.51. The van der Waals surface area contributed by atoms with Crippen LogP contribution in [0.25, 0.3) is 0 Å². The summed E-state index contributed by atoms with van der Waals surface area (Å²) in [5, 5.41) is 9.80. The molecule has 3 N–H and O–H groups in total. The number of hydrogen-bond donors (Lipinski definition) is 2. The van der Waals surface area contributed by atoms with Crippen molar-refractivity contribution in [2.24, 2.45) is 5.73 Å². The summed E-state index contributed by atoms with van der Waals surface area (Å²) < 4.78 is 5.34. The molecule has 0 fully saturated rings.